The maximum atomic E-state index is 11.3. The molecule has 0 radical (unpaired) electrons. The highest BCUT2D eigenvalue weighted by atomic mass is 16.4. The quantitative estimate of drug-likeness (QED) is 0.709. The van der Waals surface area contributed by atoms with Gasteiger partial charge in [-0.25, -0.2) is 0 Å². The SMILES string of the molecule is CC1CC(C(=O)O)(C2CCCC2O)C1. The Kier molecular flexibility index (Phi) is 2.30. The number of carboxylic acid groups (broad SMARTS) is 1. The van der Waals surface area contributed by atoms with E-state index in [0.717, 1.165) is 32.1 Å². The van der Waals surface area contributed by atoms with Crippen molar-refractivity contribution in [3.8, 4) is 0 Å². The number of aliphatic hydroxyl groups excluding tert-OH is 1. The minimum Gasteiger partial charge on any atom is -0.481 e. The van der Waals surface area contributed by atoms with E-state index in [9.17, 15) is 15.0 Å². The molecule has 0 bridgehead atoms. The van der Waals surface area contributed by atoms with Gasteiger partial charge in [-0.15, -0.1) is 0 Å². The van der Waals surface area contributed by atoms with Crippen molar-refractivity contribution in [1.29, 1.82) is 0 Å². The monoisotopic (exact) mass is 198 g/mol. The Morgan fingerprint density at radius 2 is 2.00 bits per heavy atom. The summed E-state index contributed by atoms with van der Waals surface area (Å²) in [6, 6.07) is 0. The van der Waals surface area contributed by atoms with Crippen molar-refractivity contribution >= 4 is 5.97 Å². The number of aliphatic carboxylic acids is 1. The lowest BCUT2D eigenvalue weighted by atomic mass is 9.55. The predicted octanol–water partition coefficient (Wildman–Crippen LogP) is 1.65. The van der Waals surface area contributed by atoms with Crippen LogP contribution in [0.1, 0.15) is 39.0 Å². The molecule has 2 N–H and O–H groups in total. The van der Waals surface area contributed by atoms with Crippen LogP contribution in [0.3, 0.4) is 0 Å². The van der Waals surface area contributed by atoms with Gasteiger partial charge in [0.1, 0.15) is 0 Å². The van der Waals surface area contributed by atoms with Crippen LogP contribution >= 0.6 is 0 Å². The summed E-state index contributed by atoms with van der Waals surface area (Å²) in [6.07, 6.45) is 3.79. The van der Waals surface area contributed by atoms with Crippen molar-refractivity contribution in [1.82, 2.24) is 0 Å². The third-order valence-corrected chi connectivity index (χ3v) is 4.04. The maximum absolute atomic E-state index is 11.3. The van der Waals surface area contributed by atoms with Gasteiger partial charge in [0.25, 0.3) is 0 Å². The lowest BCUT2D eigenvalue weighted by Crippen LogP contribution is -2.50. The molecule has 0 amide bonds. The molecule has 14 heavy (non-hydrogen) atoms. The molecule has 2 aliphatic carbocycles. The molecule has 0 aromatic heterocycles. The minimum absolute atomic E-state index is 0.0104. The van der Waals surface area contributed by atoms with E-state index in [4.69, 9.17) is 0 Å². The van der Waals surface area contributed by atoms with Gasteiger partial charge in [-0.1, -0.05) is 13.3 Å². The summed E-state index contributed by atoms with van der Waals surface area (Å²) in [5.41, 5.74) is -0.588. The molecule has 0 aromatic carbocycles. The molecule has 3 heteroatoms. The van der Waals surface area contributed by atoms with Gasteiger partial charge in [0, 0.05) is 5.92 Å². The standard InChI is InChI=1S/C11H18O3/c1-7-5-11(6-7,10(13)14)8-3-2-4-9(8)12/h7-9,12H,2-6H2,1H3,(H,13,14). The Balaban J connectivity index is 2.15. The van der Waals surface area contributed by atoms with E-state index in [1.54, 1.807) is 0 Å². The lowest BCUT2D eigenvalue weighted by molar-refractivity contribution is -0.168. The molecule has 3 nitrogen and oxygen atoms in total. The molecule has 2 unspecified atom stereocenters. The lowest BCUT2D eigenvalue weighted by Gasteiger charge is -2.48. The third-order valence-electron chi connectivity index (χ3n) is 4.04. The predicted molar refractivity (Wildman–Crippen MR) is 51.8 cm³/mol. The smallest absolute Gasteiger partial charge is 0.310 e. The van der Waals surface area contributed by atoms with E-state index in [2.05, 4.69) is 6.92 Å². The maximum Gasteiger partial charge on any atom is 0.310 e. The third kappa shape index (κ3) is 1.26. The first-order chi connectivity index (χ1) is 6.56. The Hall–Kier alpha value is -0.570. The molecule has 0 saturated heterocycles. The van der Waals surface area contributed by atoms with Crippen molar-refractivity contribution in [3.63, 3.8) is 0 Å². The zero-order valence-corrected chi connectivity index (χ0v) is 8.57. The fourth-order valence-electron chi connectivity index (χ4n) is 3.40. The second-order valence-electron chi connectivity index (χ2n) is 5.08. The van der Waals surface area contributed by atoms with Gasteiger partial charge >= 0.3 is 5.97 Å². The van der Waals surface area contributed by atoms with Crippen molar-refractivity contribution in [2.45, 2.75) is 45.1 Å². The molecular weight excluding hydrogens is 180 g/mol. The van der Waals surface area contributed by atoms with Crippen LogP contribution in [-0.2, 0) is 4.79 Å². The summed E-state index contributed by atoms with van der Waals surface area (Å²) < 4.78 is 0. The zero-order valence-electron chi connectivity index (χ0n) is 8.57. The number of hydrogen-bond donors (Lipinski definition) is 2. The molecule has 80 valence electrons. The molecule has 0 aliphatic heterocycles. The van der Waals surface area contributed by atoms with Crippen LogP contribution in [0.4, 0.5) is 0 Å². The van der Waals surface area contributed by atoms with Crippen LogP contribution in [0.2, 0.25) is 0 Å². The van der Waals surface area contributed by atoms with Crippen molar-refractivity contribution in [3.05, 3.63) is 0 Å². The topological polar surface area (TPSA) is 57.5 Å². The highest BCUT2D eigenvalue weighted by molar-refractivity contribution is 5.76. The van der Waals surface area contributed by atoms with Crippen molar-refractivity contribution in [2.75, 3.05) is 0 Å². The van der Waals surface area contributed by atoms with Gasteiger partial charge in [0.2, 0.25) is 0 Å². The molecular formula is C11H18O3. The van der Waals surface area contributed by atoms with E-state index < -0.39 is 11.4 Å². The van der Waals surface area contributed by atoms with Crippen LogP contribution < -0.4 is 0 Å². The van der Waals surface area contributed by atoms with Gasteiger partial charge in [-0.2, -0.15) is 0 Å². The van der Waals surface area contributed by atoms with Crippen LogP contribution in [-0.4, -0.2) is 22.3 Å². The van der Waals surface area contributed by atoms with Gasteiger partial charge in [-0.3, -0.25) is 4.79 Å². The molecule has 2 aliphatic rings. The first kappa shape index (κ1) is 9.97. The van der Waals surface area contributed by atoms with Gasteiger partial charge < -0.3 is 10.2 Å². The average Bonchev–Trinajstić information content (AvgIpc) is 2.45. The number of hydrogen-bond acceptors (Lipinski definition) is 2. The first-order valence-electron chi connectivity index (χ1n) is 5.48. The van der Waals surface area contributed by atoms with Gasteiger partial charge in [-0.05, 0) is 31.6 Å². The fraction of sp³-hybridized carbons (Fsp3) is 0.909. The largest absolute Gasteiger partial charge is 0.481 e. The van der Waals surface area contributed by atoms with E-state index in [1.807, 2.05) is 0 Å². The Bertz CT molecular complexity index is 243. The second-order valence-corrected chi connectivity index (χ2v) is 5.08. The van der Waals surface area contributed by atoms with Crippen LogP contribution in [0.5, 0.6) is 0 Å². The summed E-state index contributed by atoms with van der Waals surface area (Å²) in [6.45, 7) is 2.09. The van der Waals surface area contributed by atoms with E-state index in [-0.39, 0.29) is 12.0 Å². The van der Waals surface area contributed by atoms with Gasteiger partial charge in [0.05, 0.1) is 11.5 Å². The molecule has 0 aromatic rings. The summed E-state index contributed by atoms with van der Waals surface area (Å²) in [5.74, 6) is -0.170. The highest BCUT2D eigenvalue weighted by Crippen LogP contribution is 2.55. The summed E-state index contributed by atoms with van der Waals surface area (Å²) in [5, 5.41) is 19.0. The van der Waals surface area contributed by atoms with Crippen molar-refractivity contribution < 1.29 is 15.0 Å². The Labute approximate surface area is 84.1 Å². The number of carboxylic acids is 1. The summed E-state index contributed by atoms with van der Waals surface area (Å²) >= 11 is 0. The number of aliphatic hydroxyl groups is 1. The van der Waals surface area contributed by atoms with E-state index >= 15 is 0 Å². The molecule has 2 saturated carbocycles. The number of carbonyl (C=O) groups is 1. The first-order valence-corrected chi connectivity index (χ1v) is 5.48. The van der Waals surface area contributed by atoms with E-state index in [1.165, 1.54) is 0 Å². The second kappa shape index (κ2) is 3.23. The molecule has 0 heterocycles. The summed E-state index contributed by atoms with van der Waals surface area (Å²) in [7, 11) is 0. The Morgan fingerprint density at radius 1 is 1.36 bits per heavy atom. The molecule has 2 atom stereocenters. The normalized spacial score (nSPS) is 47.4. The van der Waals surface area contributed by atoms with E-state index in [0.29, 0.717) is 5.92 Å². The summed E-state index contributed by atoms with van der Waals surface area (Å²) in [4.78, 5) is 11.3. The number of rotatable bonds is 2. The van der Waals surface area contributed by atoms with Gasteiger partial charge in [0.15, 0.2) is 0 Å². The van der Waals surface area contributed by atoms with Crippen LogP contribution in [0, 0.1) is 17.3 Å². The average molecular weight is 198 g/mol. The van der Waals surface area contributed by atoms with Crippen molar-refractivity contribution in [2.24, 2.45) is 17.3 Å². The Morgan fingerprint density at radius 3 is 2.36 bits per heavy atom. The van der Waals surface area contributed by atoms with Crippen LogP contribution in [0.15, 0.2) is 0 Å². The fourth-order valence-corrected chi connectivity index (χ4v) is 3.40. The van der Waals surface area contributed by atoms with Crippen LogP contribution in [0.25, 0.3) is 0 Å². The molecule has 0 spiro atoms. The zero-order chi connectivity index (χ0) is 10.3. The molecule has 2 fully saturated rings. The highest BCUT2D eigenvalue weighted by Gasteiger charge is 2.56. The minimum atomic E-state index is -0.693. The molecule has 2 rings (SSSR count).